The van der Waals surface area contributed by atoms with E-state index in [0.717, 1.165) is 35.3 Å². The lowest BCUT2D eigenvalue weighted by molar-refractivity contribution is -0.122. The number of benzene rings is 2. The van der Waals surface area contributed by atoms with Crippen molar-refractivity contribution in [3.63, 3.8) is 0 Å². The van der Waals surface area contributed by atoms with Crippen molar-refractivity contribution < 1.29 is 23.9 Å². The van der Waals surface area contributed by atoms with Gasteiger partial charge in [-0.05, 0) is 93.5 Å². The molecule has 1 heterocycles. The number of nitrogens with one attached hydrogen (secondary N) is 2. The summed E-state index contributed by atoms with van der Waals surface area (Å²) in [5.41, 5.74) is 3.37. The molecule has 0 saturated carbocycles. The summed E-state index contributed by atoms with van der Waals surface area (Å²) in [5.74, 6) is -0.0887. The minimum atomic E-state index is -0.776. The van der Waals surface area contributed by atoms with Crippen molar-refractivity contribution >= 4 is 51.4 Å². The zero-order valence-electron chi connectivity index (χ0n) is 21.9. The van der Waals surface area contributed by atoms with Gasteiger partial charge in [-0.1, -0.05) is 24.6 Å². The summed E-state index contributed by atoms with van der Waals surface area (Å²) in [6.07, 6.45) is 1.91. The predicted octanol–water partition coefficient (Wildman–Crippen LogP) is 6.67. The summed E-state index contributed by atoms with van der Waals surface area (Å²) in [4.78, 5) is 39.5. The van der Waals surface area contributed by atoms with E-state index in [1.807, 2.05) is 13.0 Å². The highest BCUT2D eigenvalue weighted by atomic mass is 35.5. The molecule has 9 heteroatoms. The molecule has 1 aliphatic carbocycles. The number of hydrogen-bond acceptors (Lipinski definition) is 6. The lowest BCUT2D eigenvalue weighted by atomic mass is 9.88. The third-order valence-electron chi connectivity index (χ3n) is 6.46. The second-order valence-corrected chi connectivity index (χ2v) is 11.0. The minimum Gasteiger partial charge on any atom is -0.481 e. The molecule has 2 aromatic carbocycles. The third kappa shape index (κ3) is 6.37. The van der Waals surface area contributed by atoms with E-state index in [9.17, 15) is 14.4 Å². The Kier molecular flexibility index (Phi) is 8.74. The van der Waals surface area contributed by atoms with Crippen LogP contribution in [0.3, 0.4) is 0 Å². The van der Waals surface area contributed by atoms with Gasteiger partial charge < -0.3 is 20.1 Å². The van der Waals surface area contributed by atoms with Crippen LogP contribution < -0.4 is 15.4 Å². The second kappa shape index (κ2) is 12.0. The largest absolute Gasteiger partial charge is 0.481 e. The van der Waals surface area contributed by atoms with E-state index in [1.165, 1.54) is 11.3 Å². The number of esters is 1. The number of carbonyl (C=O) groups is 3. The van der Waals surface area contributed by atoms with Gasteiger partial charge in [-0.3, -0.25) is 9.59 Å². The quantitative estimate of drug-likeness (QED) is 0.303. The fourth-order valence-corrected chi connectivity index (χ4v) is 5.86. The van der Waals surface area contributed by atoms with Gasteiger partial charge >= 0.3 is 5.97 Å². The van der Waals surface area contributed by atoms with Gasteiger partial charge in [0.15, 0.2) is 6.10 Å². The molecule has 0 spiro atoms. The van der Waals surface area contributed by atoms with Crippen LogP contribution in [-0.4, -0.2) is 30.5 Å². The smallest absolute Gasteiger partial charge is 0.341 e. The number of halogens is 1. The maximum absolute atomic E-state index is 13.0. The summed E-state index contributed by atoms with van der Waals surface area (Å²) in [6, 6.07) is 11.8. The van der Waals surface area contributed by atoms with Crippen molar-refractivity contribution in [2.24, 2.45) is 5.92 Å². The molecule has 1 aliphatic rings. The van der Waals surface area contributed by atoms with E-state index in [-0.39, 0.29) is 18.4 Å². The van der Waals surface area contributed by atoms with E-state index < -0.39 is 12.1 Å². The molecule has 200 valence electrons. The zero-order valence-corrected chi connectivity index (χ0v) is 23.4. The number of thiophene rings is 1. The summed E-state index contributed by atoms with van der Waals surface area (Å²) in [6.45, 7) is 7.75. The molecular formula is C29H31ClN2O5S. The monoisotopic (exact) mass is 554 g/mol. The van der Waals surface area contributed by atoms with Gasteiger partial charge in [-0.25, -0.2) is 4.79 Å². The summed E-state index contributed by atoms with van der Waals surface area (Å²) in [5, 5.41) is 6.79. The van der Waals surface area contributed by atoms with Crippen LogP contribution in [0.5, 0.6) is 5.75 Å². The molecule has 0 bridgehead atoms. The van der Waals surface area contributed by atoms with Gasteiger partial charge in [-0.15, -0.1) is 11.3 Å². The average Bonchev–Trinajstić information content (AvgIpc) is 3.23. The number of fused-ring (bicyclic) bond motifs is 1. The topological polar surface area (TPSA) is 93.7 Å². The molecule has 0 unspecified atom stereocenters. The Morgan fingerprint density at radius 3 is 2.55 bits per heavy atom. The Morgan fingerprint density at radius 1 is 1.13 bits per heavy atom. The van der Waals surface area contributed by atoms with E-state index in [2.05, 4.69) is 17.6 Å². The van der Waals surface area contributed by atoms with Crippen LogP contribution in [0.25, 0.3) is 0 Å². The van der Waals surface area contributed by atoms with Gasteiger partial charge in [0.05, 0.1) is 12.2 Å². The van der Waals surface area contributed by atoms with Crippen molar-refractivity contribution in [2.75, 3.05) is 17.2 Å². The maximum Gasteiger partial charge on any atom is 0.341 e. The number of aryl methyl sites for hydroxylation is 1. The molecule has 2 amide bonds. The van der Waals surface area contributed by atoms with Gasteiger partial charge in [0, 0.05) is 21.2 Å². The van der Waals surface area contributed by atoms with Crippen LogP contribution in [0.4, 0.5) is 10.7 Å². The number of carbonyl (C=O) groups excluding carboxylic acids is 3. The fourth-order valence-electron chi connectivity index (χ4n) is 4.29. The summed E-state index contributed by atoms with van der Waals surface area (Å²) < 4.78 is 11.1. The molecule has 0 saturated heterocycles. The normalized spacial score (nSPS) is 15.2. The van der Waals surface area contributed by atoms with Crippen LogP contribution in [-0.2, 0) is 22.4 Å². The molecule has 1 aromatic heterocycles. The predicted molar refractivity (Wildman–Crippen MR) is 151 cm³/mol. The summed E-state index contributed by atoms with van der Waals surface area (Å²) in [7, 11) is 0. The first-order chi connectivity index (χ1) is 18.2. The minimum absolute atomic E-state index is 0.268. The van der Waals surface area contributed by atoms with E-state index >= 15 is 0 Å². The SMILES string of the molecule is CCOC(=O)c1c(NC(=O)c2ccc(O[C@H](C)C(=O)Nc3ccc(C)c(Cl)c3)cc2)sc2c1CC[C@@H](C)C2. The van der Waals surface area contributed by atoms with Gasteiger partial charge in [0.25, 0.3) is 11.8 Å². The highest BCUT2D eigenvalue weighted by Gasteiger charge is 2.29. The first kappa shape index (κ1) is 27.7. The van der Waals surface area contributed by atoms with Gasteiger partial charge in [-0.2, -0.15) is 0 Å². The first-order valence-corrected chi connectivity index (χ1v) is 13.8. The average molecular weight is 555 g/mol. The van der Waals surface area contributed by atoms with Crippen LogP contribution in [0.1, 0.15) is 63.9 Å². The number of anilines is 2. The zero-order chi connectivity index (χ0) is 27.4. The van der Waals surface area contributed by atoms with Crippen LogP contribution >= 0.6 is 22.9 Å². The Labute approximate surface area is 231 Å². The number of ether oxygens (including phenoxy) is 2. The molecule has 0 radical (unpaired) electrons. The Morgan fingerprint density at radius 2 is 1.87 bits per heavy atom. The van der Waals surface area contributed by atoms with Crippen molar-refractivity contribution in [1.29, 1.82) is 0 Å². The van der Waals surface area contributed by atoms with E-state index in [0.29, 0.717) is 38.5 Å². The molecule has 0 aliphatic heterocycles. The molecule has 38 heavy (non-hydrogen) atoms. The van der Waals surface area contributed by atoms with Crippen LogP contribution in [0.2, 0.25) is 5.02 Å². The highest BCUT2D eigenvalue weighted by Crippen LogP contribution is 2.40. The van der Waals surface area contributed by atoms with E-state index in [1.54, 1.807) is 50.2 Å². The van der Waals surface area contributed by atoms with Crippen molar-refractivity contribution in [2.45, 2.75) is 53.1 Å². The molecule has 0 fully saturated rings. The van der Waals surface area contributed by atoms with Crippen LogP contribution in [0.15, 0.2) is 42.5 Å². The van der Waals surface area contributed by atoms with Gasteiger partial charge in [0.2, 0.25) is 0 Å². The van der Waals surface area contributed by atoms with Crippen molar-refractivity contribution in [1.82, 2.24) is 0 Å². The standard InChI is InChI=1S/C29H31ClN2O5S/c1-5-36-29(35)25-22-13-6-16(2)14-24(22)38-28(25)32-27(34)19-8-11-21(12-9-19)37-18(4)26(33)31-20-10-7-17(3)23(30)15-20/h7-12,15-16,18H,5-6,13-14H2,1-4H3,(H,31,33)(H,32,34)/t16-,18-/m1/s1. The Bertz CT molecular complexity index is 1350. The molecule has 3 aromatic rings. The molecular weight excluding hydrogens is 524 g/mol. The molecule has 2 atom stereocenters. The summed E-state index contributed by atoms with van der Waals surface area (Å²) >= 11 is 7.58. The van der Waals surface area contributed by atoms with Crippen LogP contribution in [0, 0.1) is 12.8 Å². The molecule has 4 rings (SSSR count). The lowest BCUT2D eigenvalue weighted by Gasteiger charge is -2.18. The first-order valence-electron chi connectivity index (χ1n) is 12.6. The third-order valence-corrected chi connectivity index (χ3v) is 8.03. The maximum atomic E-state index is 13.0. The molecule has 7 nitrogen and oxygen atoms in total. The fraction of sp³-hybridized carbons (Fsp3) is 0.345. The lowest BCUT2D eigenvalue weighted by Crippen LogP contribution is -2.30. The number of rotatable bonds is 8. The molecule has 2 N–H and O–H groups in total. The highest BCUT2D eigenvalue weighted by molar-refractivity contribution is 7.17. The Hall–Kier alpha value is -3.36. The van der Waals surface area contributed by atoms with E-state index in [4.69, 9.17) is 21.1 Å². The number of amides is 2. The van der Waals surface area contributed by atoms with Crippen molar-refractivity contribution in [3.8, 4) is 5.75 Å². The van der Waals surface area contributed by atoms with Gasteiger partial charge in [0.1, 0.15) is 10.8 Å². The Balaban J connectivity index is 1.42. The van der Waals surface area contributed by atoms with Crippen molar-refractivity contribution in [3.05, 3.63) is 74.6 Å². The number of hydrogen-bond donors (Lipinski definition) is 2. The second-order valence-electron chi connectivity index (χ2n) is 9.47.